The number of benzene rings is 1. The molecular formula is C23H27ClN2O2S. The SMILES string of the molecule is C=C(c1ccc(Cl)cc1)c1c(N(C(=C)C)C(=N)[C@@H](C)CC(=O)OC)sc(C)c1C. The van der Waals surface area contributed by atoms with E-state index in [1.165, 1.54) is 7.11 Å². The zero-order valence-electron chi connectivity index (χ0n) is 17.6. The van der Waals surface area contributed by atoms with Crippen molar-refractivity contribution in [2.45, 2.75) is 34.1 Å². The number of esters is 1. The smallest absolute Gasteiger partial charge is 0.306 e. The zero-order chi connectivity index (χ0) is 21.9. The first kappa shape index (κ1) is 22.9. The van der Waals surface area contributed by atoms with E-state index in [-0.39, 0.29) is 18.3 Å². The molecule has 29 heavy (non-hydrogen) atoms. The Labute approximate surface area is 182 Å². The number of nitrogens with zero attached hydrogens (tertiary/aromatic N) is 1. The Balaban J connectivity index is 2.53. The van der Waals surface area contributed by atoms with Crippen molar-refractivity contribution in [2.75, 3.05) is 12.0 Å². The molecule has 1 atom stereocenters. The van der Waals surface area contributed by atoms with Crippen LogP contribution in [0.1, 0.15) is 41.8 Å². The van der Waals surface area contributed by atoms with Gasteiger partial charge in [0.15, 0.2) is 0 Å². The number of thiophene rings is 1. The largest absolute Gasteiger partial charge is 0.469 e. The van der Waals surface area contributed by atoms with Crippen LogP contribution >= 0.6 is 22.9 Å². The van der Waals surface area contributed by atoms with Gasteiger partial charge in [-0.3, -0.25) is 15.1 Å². The van der Waals surface area contributed by atoms with Crippen molar-refractivity contribution in [2.24, 2.45) is 5.92 Å². The van der Waals surface area contributed by atoms with Gasteiger partial charge in [0, 0.05) is 27.1 Å². The van der Waals surface area contributed by atoms with E-state index in [4.69, 9.17) is 21.7 Å². The van der Waals surface area contributed by atoms with Gasteiger partial charge in [-0.15, -0.1) is 11.3 Å². The average molecular weight is 431 g/mol. The van der Waals surface area contributed by atoms with Gasteiger partial charge in [-0.2, -0.15) is 0 Å². The van der Waals surface area contributed by atoms with Crippen LogP contribution in [0.25, 0.3) is 5.57 Å². The molecule has 0 unspecified atom stereocenters. The van der Waals surface area contributed by atoms with Crippen molar-refractivity contribution < 1.29 is 9.53 Å². The molecule has 0 aliphatic heterocycles. The van der Waals surface area contributed by atoms with E-state index < -0.39 is 0 Å². The molecule has 0 aliphatic rings. The van der Waals surface area contributed by atoms with Crippen molar-refractivity contribution in [3.8, 4) is 0 Å². The van der Waals surface area contributed by atoms with Crippen LogP contribution in [0.5, 0.6) is 0 Å². The molecule has 0 aliphatic carbocycles. The van der Waals surface area contributed by atoms with E-state index >= 15 is 0 Å². The van der Waals surface area contributed by atoms with Gasteiger partial charge in [-0.1, -0.05) is 43.8 Å². The Hall–Kier alpha value is -2.37. The Morgan fingerprint density at radius 2 is 1.86 bits per heavy atom. The molecule has 0 bridgehead atoms. The first-order chi connectivity index (χ1) is 13.6. The van der Waals surface area contributed by atoms with E-state index in [9.17, 15) is 4.79 Å². The lowest BCUT2D eigenvalue weighted by Gasteiger charge is -2.29. The molecule has 2 aromatic rings. The van der Waals surface area contributed by atoms with Crippen LogP contribution in [0.4, 0.5) is 5.00 Å². The van der Waals surface area contributed by atoms with Gasteiger partial charge in [-0.25, -0.2) is 0 Å². The van der Waals surface area contributed by atoms with Crippen LogP contribution in [0.2, 0.25) is 5.02 Å². The maximum Gasteiger partial charge on any atom is 0.306 e. The fraction of sp³-hybridized carbons (Fsp3) is 0.304. The van der Waals surface area contributed by atoms with Crippen molar-refractivity contribution in [1.29, 1.82) is 5.41 Å². The number of methoxy groups -OCH3 is 1. The molecule has 6 heteroatoms. The van der Waals surface area contributed by atoms with Crippen LogP contribution < -0.4 is 4.90 Å². The number of carbonyl (C=O) groups excluding carboxylic acids is 1. The highest BCUT2D eigenvalue weighted by Gasteiger charge is 2.27. The molecular weight excluding hydrogens is 404 g/mol. The molecule has 2 rings (SSSR count). The number of carbonyl (C=O) groups is 1. The van der Waals surface area contributed by atoms with E-state index in [0.717, 1.165) is 32.1 Å². The summed E-state index contributed by atoms with van der Waals surface area (Å²) in [6, 6.07) is 7.56. The number of anilines is 1. The van der Waals surface area contributed by atoms with Gasteiger partial charge in [0.05, 0.1) is 13.5 Å². The summed E-state index contributed by atoms with van der Waals surface area (Å²) in [6.07, 6.45) is 0.135. The number of ether oxygens (including phenoxy) is 1. The van der Waals surface area contributed by atoms with Crippen molar-refractivity contribution in [3.05, 3.63) is 69.7 Å². The van der Waals surface area contributed by atoms with Crippen LogP contribution in [-0.2, 0) is 9.53 Å². The van der Waals surface area contributed by atoms with Gasteiger partial charge in [0.1, 0.15) is 10.8 Å². The summed E-state index contributed by atoms with van der Waals surface area (Å²) >= 11 is 7.63. The first-order valence-corrected chi connectivity index (χ1v) is 10.4. The minimum atomic E-state index is -0.340. The molecule has 0 amide bonds. The maximum absolute atomic E-state index is 11.7. The molecule has 1 heterocycles. The zero-order valence-corrected chi connectivity index (χ0v) is 19.1. The number of amidine groups is 1. The highest BCUT2D eigenvalue weighted by Crippen LogP contribution is 2.43. The third-order valence-corrected chi connectivity index (χ3v) is 6.30. The number of aryl methyl sites for hydroxylation is 1. The average Bonchev–Trinajstić information content (AvgIpc) is 2.95. The van der Waals surface area contributed by atoms with E-state index in [0.29, 0.717) is 16.6 Å². The highest BCUT2D eigenvalue weighted by atomic mass is 35.5. The molecule has 0 saturated carbocycles. The standard InChI is InChI=1S/C23H27ClN2O2S/c1-13(2)26(22(25)14(3)12-20(27)28-7)23-21(15(4)17(6)29-23)16(5)18-8-10-19(24)11-9-18/h8-11,14,25H,1,5,12H2,2-4,6-7H3/t14-/m0/s1. The second-order valence-corrected chi connectivity index (χ2v) is 8.73. The number of nitrogens with one attached hydrogen (secondary N) is 1. The van der Waals surface area contributed by atoms with Crippen LogP contribution in [0.3, 0.4) is 0 Å². The van der Waals surface area contributed by atoms with Gasteiger partial charge in [-0.05, 0) is 49.6 Å². The van der Waals surface area contributed by atoms with Crippen molar-refractivity contribution in [1.82, 2.24) is 0 Å². The van der Waals surface area contributed by atoms with Crippen LogP contribution in [0.15, 0.2) is 43.1 Å². The molecule has 0 saturated heterocycles. The topological polar surface area (TPSA) is 53.4 Å². The summed E-state index contributed by atoms with van der Waals surface area (Å²) < 4.78 is 4.77. The number of hydrogen-bond donors (Lipinski definition) is 1. The third-order valence-electron chi connectivity index (χ3n) is 4.85. The normalized spacial score (nSPS) is 11.7. The van der Waals surface area contributed by atoms with Crippen LogP contribution in [0, 0.1) is 25.2 Å². The molecule has 1 aromatic heterocycles. The highest BCUT2D eigenvalue weighted by molar-refractivity contribution is 7.16. The summed E-state index contributed by atoms with van der Waals surface area (Å²) in [5.41, 5.74) is 4.63. The second-order valence-electron chi connectivity index (χ2n) is 7.09. The van der Waals surface area contributed by atoms with Crippen molar-refractivity contribution in [3.63, 3.8) is 0 Å². The Morgan fingerprint density at radius 3 is 2.38 bits per heavy atom. The van der Waals surface area contributed by atoms with Gasteiger partial charge >= 0.3 is 5.97 Å². The minimum absolute atomic E-state index is 0.135. The van der Waals surface area contributed by atoms with Crippen LogP contribution in [-0.4, -0.2) is 18.9 Å². The number of allylic oxidation sites excluding steroid dienone is 1. The Morgan fingerprint density at radius 1 is 1.28 bits per heavy atom. The summed E-state index contributed by atoms with van der Waals surface area (Å²) in [7, 11) is 1.36. The number of hydrogen-bond acceptors (Lipinski definition) is 4. The predicted molar refractivity (Wildman–Crippen MR) is 124 cm³/mol. The summed E-state index contributed by atoms with van der Waals surface area (Å²) in [5, 5.41) is 10.3. The first-order valence-electron chi connectivity index (χ1n) is 9.24. The lowest BCUT2D eigenvalue weighted by Crippen LogP contribution is -2.34. The second kappa shape index (κ2) is 9.42. The number of halogens is 1. The minimum Gasteiger partial charge on any atom is -0.469 e. The summed E-state index contributed by atoms with van der Waals surface area (Å²) in [4.78, 5) is 14.7. The van der Waals surface area contributed by atoms with Gasteiger partial charge < -0.3 is 4.74 Å². The van der Waals surface area contributed by atoms with E-state index in [1.54, 1.807) is 11.3 Å². The fourth-order valence-electron chi connectivity index (χ4n) is 3.06. The number of rotatable bonds is 7. The molecule has 0 spiro atoms. The molecule has 1 aromatic carbocycles. The Bertz CT molecular complexity index is 960. The van der Waals surface area contributed by atoms with Crippen molar-refractivity contribution >= 4 is 45.3 Å². The summed E-state index contributed by atoms with van der Waals surface area (Å²) in [6.45, 7) is 16.2. The summed E-state index contributed by atoms with van der Waals surface area (Å²) in [5.74, 6) is -0.360. The monoisotopic (exact) mass is 430 g/mol. The fourth-order valence-corrected chi connectivity index (χ4v) is 4.45. The molecule has 0 fully saturated rings. The lowest BCUT2D eigenvalue weighted by molar-refractivity contribution is -0.141. The molecule has 154 valence electrons. The third kappa shape index (κ3) is 4.98. The Kier molecular flexibility index (Phi) is 7.44. The maximum atomic E-state index is 11.7. The molecule has 4 nitrogen and oxygen atoms in total. The van der Waals surface area contributed by atoms with E-state index in [2.05, 4.69) is 27.0 Å². The molecule has 1 N–H and O–H groups in total. The van der Waals surface area contributed by atoms with Gasteiger partial charge in [0.2, 0.25) is 0 Å². The van der Waals surface area contributed by atoms with Gasteiger partial charge in [0.25, 0.3) is 0 Å². The molecule has 0 radical (unpaired) electrons. The quantitative estimate of drug-likeness (QED) is 0.306. The van der Waals surface area contributed by atoms with E-state index in [1.807, 2.05) is 43.0 Å². The predicted octanol–water partition coefficient (Wildman–Crippen LogP) is 6.60. The lowest BCUT2D eigenvalue weighted by atomic mass is 9.96.